The highest BCUT2D eigenvalue weighted by Gasteiger charge is 2.24. The predicted octanol–water partition coefficient (Wildman–Crippen LogP) is 4.70. The Morgan fingerprint density at radius 2 is 1.95 bits per heavy atom. The minimum Gasteiger partial charge on any atom is -0.361 e. The molecule has 2 aromatic rings. The maximum Gasteiger partial charge on any atom is 0.101 e. The first-order chi connectivity index (χ1) is 10.1. The summed E-state index contributed by atoms with van der Waals surface area (Å²) in [6, 6.07) is 8.02. The summed E-state index contributed by atoms with van der Waals surface area (Å²) in [7, 11) is 0. The van der Waals surface area contributed by atoms with Crippen LogP contribution in [0.4, 0.5) is 5.00 Å². The fourth-order valence-corrected chi connectivity index (χ4v) is 4.09. The molecule has 0 unspecified atom stereocenters. The second kappa shape index (κ2) is 5.82. The van der Waals surface area contributed by atoms with E-state index in [9.17, 15) is 0 Å². The molecule has 0 saturated carbocycles. The van der Waals surface area contributed by atoms with Crippen LogP contribution in [0.3, 0.4) is 0 Å². The van der Waals surface area contributed by atoms with Crippen LogP contribution < -0.4 is 4.90 Å². The molecule has 21 heavy (non-hydrogen) atoms. The van der Waals surface area contributed by atoms with Gasteiger partial charge in [-0.05, 0) is 38.5 Å². The highest BCUT2D eigenvalue weighted by Crippen LogP contribution is 2.38. The van der Waals surface area contributed by atoms with Crippen molar-refractivity contribution in [2.24, 2.45) is 4.99 Å². The van der Waals surface area contributed by atoms with Crippen molar-refractivity contribution in [1.29, 1.82) is 0 Å². The number of thiophene rings is 1. The van der Waals surface area contributed by atoms with Gasteiger partial charge in [0.05, 0.1) is 12.3 Å². The molecule has 3 rings (SSSR count). The van der Waals surface area contributed by atoms with E-state index in [2.05, 4.69) is 37.8 Å². The van der Waals surface area contributed by atoms with Crippen molar-refractivity contribution >= 4 is 33.7 Å². The highest BCUT2D eigenvalue weighted by atomic mass is 35.5. The Balaban J connectivity index is 2.17. The van der Waals surface area contributed by atoms with Crippen LogP contribution in [0.2, 0.25) is 5.02 Å². The standard InChI is InChI=1S/C17H19ClN2S/c1-4-20-10-9-19-16(13-5-7-14(18)8-6-13)15-11(2)12(3)21-17(15)20/h5-8H,4,9-10H2,1-3H3. The van der Waals surface area contributed by atoms with Gasteiger partial charge in [-0.25, -0.2) is 0 Å². The SMILES string of the molecule is CCN1CCN=C(c2ccc(Cl)cc2)c2c1sc(C)c2C. The van der Waals surface area contributed by atoms with Crippen LogP contribution in [-0.2, 0) is 0 Å². The van der Waals surface area contributed by atoms with Gasteiger partial charge in [-0.3, -0.25) is 4.99 Å². The number of halogens is 1. The lowest BCUT2D eigenvalue weighted by Gasteiger charge is -2.20. The molecule has 1 aromatic carbocycles. The molecular formula is C17H19ClN2S. The summed E-state index contributed by atoms with van der Waals surface area (Å²) in [6.45, 7) is 9.46. The number of nitrogens with zero attached hydrogens (tertiary/aromatic N) is 2. The van der Waals surface area contributed by atoms with Crippen molar-refractivity contribution in [3.8, 4) is 0 Å². The second-order valence-electron chi connectivity index (χ2n) is 5.28. The molecule has 0 aliphatic carbocycles. The highest BCUT2D eigenvalue weighted by molar-refractivity contribution is 7.16. The van der Waals surface area contributed by atoms with Crippen LogP contribution in [0, 0.1) is 13.8 Å². The van der Waals surface area contributed by atoms with Crippen LogP contribution in [0.15, 0.2) is 29.3 Å². The lowest BCUT2D eigenvalue weighted by Crippen LogP contribution is -2.24. The molecule has 0 amide bonds. The molecule has 110 valence electrons. The summed E-state index contributed by atoms with van der Waals surface area (Å²) in [5, 5.41) is 2.13. The van der Waals surface area contributed by atoms with E-state index in [4.69, 9.17) is 16.6 Å². The van der Waals surface area contributed by atoms with Gasteiger partial charge in [-0.2, -0.15) is 0 Å². The van der Waals surface area contributed by atoms with E-state index < -0.39 is 0 Å². The van der Waals surface area contributed by atoms with E-state index in [1.165, 1.54) is 21.0 Å². The number of aliphatic imine (C=N–C) groups is 1. The van der Waals surface area contributed by atoms with E-state index in [0.717, 1.165) is 35.9 Å². The second-order valence-corrected chi connectivity index (χ2v) is 6.92. The van der Waals surface area contributed by atoms with Crippen LogP contribution in [-0.4, -0.2) is 25.3 Å². The van der Waals surface area contributed by atoms with Gasteiger partial charge in [-0.15, -0.1) is 11.3 Å². The molecule has 2 nitrogen and oxygen atoms in total. The minimum atomic E-state index is 0.765. The lowest BCUT2D eigenvalue weighted by atomic mass is 10.00. The first-order valence-corrected chi connectivity index (χ1v) is 8.47. The van der Waals surface area contributed by atoms with E-state index in [1.54, 1.807) is 0 Å². The van der Waals surface area contributed by atoms with E-state index in [1.807, 2.05) is 23.5 Å². The molecule has 0 atom stereocenters. The Labute approximate surface area is 135 Å². The third-order valence-electron chi connectivity index (χ3n) is 4.03. The number of anilines is 1. The molecule has 0 fully saturated rings. The van der Waals surface area contributed by atoms with Crippen LogP contribution >= 0.6 is 22.9 Å². The quantitative estimate of drug-likeness (QED) is 0.784. The first kappa shape index (κ1) is 14.6. The number of hydrogen-bond donors (Lipinski definition) is 0. The number of hydrogen-bond acceptors (Lipinski definition) is 3. The average Bonchev–Trinajstić information content (AvgIpc) is 2.68. The maximum absolute atomic E-state index is 6.02. The molecular weight excluding hydrogens is 300 g/mol. The largest absolute Gasteiger partial charge is 0.361 e. The van der Waals surface area contributed by atoms with Gasteiger partial charge in [0.15, 0.2) is 0 Å². The Morgan fingerprint density at radius 3 is 2.62 bits per heavy atom. The fourth-order valence-electron chi connectivity index (χ4n) is 2.72. The molecule has 0 radical (unpaired) electrons. The zero-order chi connectivity index (χ0) is 15.0. The molecule has 0 N–H and O–H groups in total. The molecule has 0 bridgehead atoms. The van der Waals surface area contributed by atoms with Crippen LogP contribution in [0.25, 0.3) is 0 Å². The predicted molar refractivity (Wildman–Crippen MR) is 93.6 cm³/mol. The van der Waals surface area contributed by atoms with Crippen molar-refractivity contribution in [3.63, 3.8) is 0 Å². The molecule has 2 heterocycles. The van der Waals surface area contributed by atoms with Gasteiger partial charge >= 0.3 is 0 Å². The summed E-state index contributed by atoms with van der Waals surface area (Å²) >= 11 is 7.90. The monoisotopic (exact) mass is 318 g/mol. The van der Waals surface area contributed by atoms with Gasteiger partial charge in [0.1, 0.15) is 5.00 Å². The Morgan fingerprint density at radius 1 is 1.24 bits per heavy atom. The molecule has 1 aliphatic heterocycles. The van der Waals surface area contributed by atoms with Crippen LogP contribution in [0.5, 0.6) is 0 Å². The average molecular weight is 319 g/mol. The fraction of sp³-hybridized carbons (Fsp3) is 0.353. The first-order valence-electron chi connectivity index (χ1n) is 7.27. The molecule has 1 aliphatic rings. The zero-order valence-corrected chi connectivity index (χ0v) is 14.2. The maximum atomic E-state index is 6.02. The summed E-state index contributed by atoms with van der Waals surface area (Å²) in [6.07, 6.45) is 0. The van der Waals surface area contributed by atoms with Gasteiger partial charge in [0.25, 0.3) is 0 Å². The normalized spacial score (nSPS) is 14.7. The van der Waals surface area contributed by atoms with E-state index >= 15 is 0 Å². The van der Waals surface area contributed by atoms with Gasteiger partial charge in [-0.1, -0.05) is 23.7 Å². The van der Waals surface area contributed by atoms with Crippen LogP contribution in [0.1, 0.15) is 28.5 Å². The Kier molecular flexibility index (Phi) is 4.05. The summed E-state index contributed by atoms with van der Waals surface area (Å²) < 4.78 is 0. The van der Waals surface area contributed by atoms with Crippen molar-refractivity contribution in [3.05, 3.63) is 50.9 Å². The zero-order valence-electron chi connectivity index (χ0n) is 12.6. The van der Waals surface area contributed by atoms with E-state index in [0.29, 0.717) is 0 Å². The summed E-state index contributed by atoms with van der Waals surface area (Å²) in [5.74, 6) is 0. The number of benzene rings is 1. The van der Waals surface area contributed by atoms with Crippen molar-refractivity contribution in [2.45, 2.75) is 20.8 Å². The van der Waals surface area contributed by atoms with Gasteiger partial charge < -0.3 is 4.90 Å². The minimum absolute atomic E-state index is 0.765. The molecule has 0 saturated heterocycles. The molecule has 0 spiro atoms. The summed E-state index contributed by atoms with van der Waals surface area (Å²) in [4.78, 5) is 8.69. The van der Waals surface area contributed by atoms with Crippen molar-refractivity contribution in [2.75, 3.05) is 24.5 Å². The molecule has 4 heteroatoms. The van der Waals surface area contributed by atoms with Gasteiger partial charge in [0.2, 0.25) is 0 Å². The topological polar surface area (TPSA) is 15.6 Å². The van der Waals surface area contributed by atoms with E-state index in [-0.39, 0.29) is 0 Å². The Bertz CT molecular complexity index is 686. The number of likely N-dealkylation sites (N-methyl/N-ethyl adjacent to an activating group) is 1. The number of aryl methyl sites for hydroxylation is 1. The van der Waals surface area contributed by atoms with Crippen molar-refractivity contribution in [1.82, 2.24) is 0 Å². The smallest absolute Gasteiger partial charge is 0.101 e. The third kappa shape index (κ3) is 2.60. The third-order valence-corrected chi connectivity index (χ3v) is 5.55. The Hall–Kier alpha value is -1.32. The lowest BCUT2D eigenvalue weighted by molar-refractivity contribution is 0.832. The van der Waals surface area contributed by atoms with Crippen molar-refractivity contribution < 1.29 is 0 Å². The molecule has 1 aromatic heterocycles. The number of rotatable bonds is 2. The summed E-state index contributed by atoms with van der Waals surface area (Å²) in [5.41, 5.74) is 4.92. The van der Waals surface area contributed by atoms with Gasteiger partial charge in [0, 0.05) is 34.1 Å². The number of fused-ring (bicyclic) bond motifs is 1.